The number of nitrogens with one attached hydrogen (secondary N) is 1. The Balaban J connectivity index is 2.44. The second kappa shape index (κ2) is 4.25. The highest BCUT2D eigenvalue weighted by molar-refractivity contribution is 6.30. The molecule has 1 heterocycles. The summed E-state index contributed by atoms with van der Waals surface area (Å²) >= 11 is 11.5. The smallest absolute Gasteiger partial charge is 0.121 e. The van der Waals surface area contributed by atoms with Crippen molar-refractivity contribution >= 4 is 23.2 Å². The fraction of sp³-hybridized carbons (Fsp3) is 0.182. The van der Waals surface area contributed by atoms with Crippen LogP contribution in [0, 0.1) is 6.92 Å². The summed E-state index contributed by atoms with van der Waals surface area (Å²) in [7, 11) is 0. The lowest BCUT2D eigenvalue weighted by Crippen LogP contribution is -1.81. The molecule has 1 N–H and O–H groups in total. The van der Waals surface area contributed by atoms with E-state index in [0.29, 0.717) is 5.88 Å². The van der Waals surface area contributed by atoms with Crippen molar-refractivity contribution in [1.82, 2.24) is 9.97 Å². The first-order valence-electron chi connectivity index (χ1n) is 4.58. The Morgan fingerprint density at radius 3 is 2.47 bits per heavy atom. The Kier molecular flexibility index (Phi) is 2.98. The first-order valence-corrected chi connectivity index (χ1v) is 5.49. The van der Waals surface area contributed by atoms with Gasteiger partial charge >= 0.3 is 0 Å². The van der Waals surface area contributed by atoms with Gasteiger partial charge in [-0.1, -0.05) is 23.7 Å². The van der Waals surface area contributed by atoms with Gasteiger partial charge in [0.05, 0.1) is 11.6 Å². The van der Waals surface area contributed by atoms with Crippen LogP contribution in [-0.2, 0) is 5.88 Å². The van der Waals surface area contributed by atoms with Crippen LogP contribution in [0.15, 0.2) is 24.3 Å². The van der Waals surface area contributed by atoms with Gasteiger partial charge in [0.1, 0.15) is 5.82 Å². The lowest BCUT2D eigenvalue weighted by atomic mass is 10.1. The molecule has 78 valence electrons. The quantitative estimate of drug-likeness (QED) is 0.796. The molecule has 0 atom stereocenters. The Morgan fingerprint density at radius 2 is 1.93 bits per heavy atom. The van der Waals surface area contributed by atoms with Crippen LogP contribution in [0.5, 0.6) is 0 Å². The van der Waals surface area contributed by atoms with Crippen molar-refractivity contribution in [3.8, 4) is 11.3 Å². The van der Waals surface area contributed by atoms with E-state index in [1.165, 1.54) is 0 Å². The molecular weight excluding hydrogens is 231 g/mol. The molecule has 4 heteroatoms. The number of aromatic nitrogens is 2. The van der Waals surface area contributed by atoms with Gasteiger partial charge in [0, 0.05) is 16.3 Å². The largest absolute Gasteiger partial charge is 0.345 e. The van der Waals surface area contributed by atoms with Crippen LogP contribution in [0.4, 0.5) is 0 Å². The summed E-state index contributed by atoms with van der Waals surface area (Å²) in [5.74, 6) is 1.19. The molecule has 0 aliphatic carbocycles. The molecule has 0 amide bonds. The van der Waals surface area contributed by atoms with Crippen LogP contribution in [0.25, 0.3) is 11.3 Å². The Morgan fingerprint density at radius 1 is 1.27 bits per heavy atom. The van der Waals surface area contributed by atoms with Gasteiger partial charge in [-0.15, -0.1) is 11.6 Å². The fourth-order valence-electron chi connectivity index (χ4n) is 1.47. The highest BCUT2D eigenvalue weighted by Crippen LogP contribution is 2.23. The summed E-state index contributed by atoms with van der Waals surface area (Å²) in [5.41, 5.74) is 3.00. The Hall–Kier alpha value is -0.990. The Labute approximate surface area is 98.3 Å². The molecule has 1 aromatic heterocycles. The zero-order valence-electron chi connectivity index (χ0n) is 8.22. The summed E-state index contributed by atoms with van der Waals surface area (Å²) in [6.45, 7) is 1.98. The van der Waals surface area contributed by atoms with Crippen LogP contribution in [0.3, 0.4) is 0 Å². The minimum Gasteiger partial charge on any atom is -0.345 e. The number of benzene rings is 1. The minimum absolute atomic E-state index is 0.397. The minimum atomic E-state index is 0.397. The van der Waals surface area contributed by atoms with E-state index in [-0.39, 0.29) is 0 Å². The molecule has 0 aliphatic heterocycles. The van der Waals surface area contributed by atoms with Gasteiger partial charge in [0.25, 0.3) is 0 Å². The lowest BCUT2D eigenvalue weighted by molar-refractivity contribution is 1.10. The molecule has 0 spiro atoms. The third-order valence-corrected chi connectivity index (χ3v) is 2.68. The van der Waals surface area contributed by atoms with Crippen molar-refractivity contribution in [3.63, 3.8) is 0 Å². The van der Waals surface area contributed by atoms with E-state index < -0.39 is 0 Å². The molecule has 0 saturated carbocycles. The van der Waals surface area contributed by atoms with Gasteiger partial charge in [-0.2, -0.15) is 0 Å². The van der Waals surface area contributed by atoms with Gasteiger partial charge in [-0.3, -0.25) is 0 Å². The standard InChI is InChI=1S/C11H10Cl2N2/c1-7-11(15-10(6-12)14-7)8-2-4-9(13)5-3-8/h2-5H,6H2,1H3,(H,14,15). The van der Waals surface area contributed by atoms with Gasteiger partial charge in [-0.25, -0.2) is 4.98 Å². The molecule has 0 unspecified atom stereocenters. The maximum Gasteiger partial charge on any atom is 0.121 e. The number of nitrogens with zero attached hydrogens (tertiary/aromatic N) is 1. The number of halogens is 2. The summed E-state index contributed by atoms with van der Waals surface area (Å²) < 4.78 is 0. The number of imidazole rings is 1. The molecule has 0 aliphatic rings. The fourth-order valence-corrected chi connectivity index (χ4v) is 1.73. The molecule has 2 nitrogen and oxygen atoms in total. The number of hydrogen-bond acceptors (Lipinski definition) is 1. The SMILES string of the molecule is Cc1[nH]c(CCl)nc1-c1ccc(Cl)cc1. The first-order chi connectivity index (χ1) is 7.20. The zero-order valence-corrected chi connectivity index (χ0v) is 9.73. The summed E-state index contributed by atoms with van der Waals surface area (Å²) in [4.78, 5) is 7.53. The first kappa shape index (κ1) is 10.5. The predicted molar refractivity (Wildman–Crippen MR) is 63.3 cm³/mol. The second-order valence-electron chi connectivity index (χ2n) is 3.30. The molecule has 0 bridgehead atoms. The third-order valence-electron chi connectivity index (χ3n) is 2.18. The van der Waals surface area contributed by atoms with E-state index in [1.807, 2.05) is 31.2 Å². The molecular formula is C11H10Cl2N2. The normalized spacial score (nSPS) is 10.6. The van der Waals surface area contributed by atoms with E-state index >= 15 is 0 Å². The molecule has 2 aromatic rings. The number of aromatic amines is 1. The van der Waals surface area contributed by atoms with Crippen molar-refractivity contribution in [2.24, 2.45) is 0 Å². The number of rotatable bonds is 2. The van der Waals surface area contributed by atoms with Crippen LogP contribution < -0.4 is 0 Å². The van der Waals surface area contributed by atoms with Gasteiger partial charge in [0.15, 0.2) is 0 Å². The molecule has 2 rings (SSSR count). The molecule has 0 fully saturated rings. The molecule has 0 saturated heterocycles. The molecule has 15 heavy (non-hydrogen) atoms. The predicted octanol–water partition coefficient (Wildman–Crippen LogP) is 3.78. The lowest BCUT2D eigenvalue weighted by Gasteiger charge is -1.98. The molecule has 0 radical (unpaired) electrons. The van der Waals surface area contributed by atoms with Crippen molar-refractivity contribution < 1.29 is 0 Å². The van der Waals surface area contributed by atoms with Gasteiger partial charge in [-0.05, 0) is 19.1 Å². The third kappa shape index (κ3) is 2.16. The van der Waals surface area contributed by atoms with Crippen molar-refractivity contribution in [2.75, 3.05) is 0 Å². The number of aryl methyl sites for hydroxylation is 1. The Bertz CT molecular complexity index is 460. The highest BCUT2D eigenvalue weighted by Gasteiger charge is 2.07. The molecule has 1 aromatic carbocycles. The number of alkyl halides is 1. The van der Waals surface area contributed by atoms with Crippen LogP contribution in [-0.4, -0.2) is 9.97 Å². The van der Waals surface area contributed by atoms with Crippen molar-refractivity contribution in [3.05, 3.63) is 40.8 Å². The highest BCUT2D eigenvalue weighted by atomic mass is 35.5. The van der Waals surface area contributed by atoms with E-state index in [9.17, 15) is 0 Å². The topological polar surface area (TPSA) is 28.7 Å². The average Bonchev–Trinajstić information content (AvgIpc) is 2.61. The monoisotopic (exact) mass is 240 g/mol. The summed E-state index contributed by atoms with van der Waals surface area (Å²) in [6, 6.07) is 7.60. The van der Waals surface area contributed by atoms with Crippen LogP contribution >= 0.6 is 23.2 Å². The van der Waals surface area contributed by atoms with Crippen molar-refractivity contribution in [1.29, 1.82) is 0 Å². The van der Waals surface area contributed by atoms with E-state index in [2.05, 4.69) is 9.97 Å². The van der Waals surface area contributed by atoms with E-state index in [1.54, 1.807) is 0 Å². The second-order valence-corrected chi connectivity index (χ2v) is 4.00. The summed E-state index contributed by atoms with van der Waals surface area (Å²) in [6.07, 6.45) is 0. The number of H-pyrrole nitrogens is 1. The van der Waals surface area contributed by atoms with E-state index in [4.69, 9.17) is 23.2 Å². The average molecular weight is 241 g/mol. The van der Waals surface area contributed by atoms with Gasteiger partial charge in [0.2, 0.25) is 0 Å². The maximum atomic E-state index is 5.82. The summed E-state index contributed by atoms with van der Waals surface area (Å²) in [5, 5.41) is 0.726. The maximum absolute atomic E-state index is 5.82. The van der Waals surface area contributed by atoms with Crippen LogP contribution in [0.1, 0.15) is 11.5 Å². The van der Waals surface area contributed by atoms with E-state index in [0.717, 1.165) is 27.8 Å². The van der Waals surface area contributed by atoms with Crippen LogP contribution in [0.2, 0.25) is 5.02 Å². The zero-order chi connectivity index (χ0) is 10.8. The van der Waals surface area contributed by atoms with Gasteiger partial charge < -0.3 is 4.98 Å². The van der Waals surface area contributed by atoms with Crippen molar-refractivity contribution in [2.45, 2.75) is 12.8 Å². The number of hydrogen-bond donors (Lipinski definition) is 1.